The zero-order valence-electron chi connectivity index (χ0n) is 18.3. The molecule has 3 aliphatic rings. The normalized spacial score (nSPS) is 23.1. The Morgan fingerprint density at radius 1 is 1.18 bits per heavy atom. The molecule has 10 heteroatoms. The van der Waals surface area contributed by atoms with Crippen LogP contribution >= 0.6 is 0 Å². The van der Waals surface area contributed by atoms with E-state index in [9.17, 15) is 22.8 Å². The predicted molar refractivity (Wildman–Crippen MR) is 115 cm³/mol. The Labute approximate surface area is 192 Å². The van der Waals surface area contributed by atoms with Crippen LogP contribution in [0.5, 0.6) is 5.75 Å². The highest BCUT2D eigenvalue weighted by molar-refractivity contribution is 5.93. The summed E-state index contributed by atoms with van der Waals surface area (Å²) in [5.41, 5.74) is 0.813. The Morgan fingerprint density at radius 2 is 2.00 bits per heavy atom. The molecule has 34 heavy (non-hydrogen) atoms. The first kappa shape index (κ1) is 21.0. The largest absolute Gasteiger partial charge is 0.493 e. The van der Waals surface area contributed by atoms with Gasteiger partial charge in [0.1, 0.15) is 17.1 Å². The number of pyridine rings is 1. The zero-order chi connectivity index (χ0) is 23.8. The van der Waals surface area contributed by atoms with Crippen LogP contribution in [0, 0.1) is 12.8 Å². The van der Waals surface area contributed by atoms with Gasteiger partial charge in [-0.25, -0.2) is 4.98 Å². The summed E-state index contributed by atoms with van der Waals surface area (Å²) in [6.07, 6.45) is -0.379. The van der Waals surface area contributed by atoms with Crippen molar-refractivity contribution in [1.29, 1.82) is 0 Å². The van der Waals surface area contributed by atoms with Gasteiger partial charge >= 0.3 is 6.18 Å². The van der Waals surface area contributed by atoms with Crippen LogP contribution in [-0.2, 0) is 18.1 Å². The van der Waals surface area contributed by atoms with Crippen LogP contribution in [0.3, 0.4) is 0 Å². The summed E-state index contributed by atoms with van der Waals surface area (Å²) >= 11 is 0. The van der Waals surface area contributed by atoms with Gasteiger partial charge in [0, 0.05) is 42.7 Å². The van der Waals surface area contributed by atoms with E-state index in [1.165, 1.54) is 10.6 Å². The van der Waals surface area contributed by atoms with E-state index < -0.39 is 17.2 Å². The van der Waals surface area contributed by atoms with Crippen molar-refractivity contribution in [2.75, 3.05) is 19.7 Å². The number of hydrogen-bond donors (Lipinski definition) is 0. The Kier molecular flexibility index (Phi) is 4.31. The average Bonchev–Trinajstić information content (AvgIpc) is 3.37. The maximum Gasteiger partial charge on any atom is 0.416 e. The van der Waals surface area contributed by atoms with Crippen LogP contribution in [0.4, 0.5) is 13.2 Å². The van der Waals surface area contributed by atoms with Crippen molar-refractivity contribution in [3.63, 3.8) is 0 Å². The Balaban J connectivity index is 1.29. The molecule has 1 aromatic carbocycles. The molecule has 176 valence electrons. The topological polar surface area (TPSA) is 69.4 Å². The van der Waals surface area contributed by atoms with E-state index in [2.05, 4.69) is 4.98 Å². The van der Waals surface area contributed by atoms with Crippen molar-refractivity contribution in [3.8, 4) is 11.4 Å². The molecular weight excluding hydrogens is 449 g/mol. The third-order valence-electron chi connectivity index (χ3n) is 7.23. The molecule has 0 radical (unpaired) electrons. The molecule has 0 spiro atoms. The second kappa shape index (κ2) is 6.97. The average molecular weight is 470 g/mol. The summed E-state index contributed by atoms with van der Waals surface area (Å²) in [6, 6.07) is 6.89. The second-order valence-electron chi connectivity index (χ2n) is 9.29. The lowest BCUT2D eigenvalue weighted by atomic mass is 9.89. The van der Waals surface area contributed by atoms with Gasteiger partial charge in [0.25, 0.3) is 11.5 Å². The van der Waals surface area contributed by atoms with Crippen molar-refractivity contribution in [3.05, 3.63) is 75.7 Å². The van der Waals surface area contributed by atoms with Crippen LogP contribution in [-0.4, -0.2) is 44.6 Å². The summed E-state index contributed by atoms with van der Waals surface area (Å²) in [7, 11) is 0. The summed E-state index contributed by atoms with van der Waals surface area (Å²) in [4.78, 5) is 32.2. The molecule has 1 fully saturated rings. The number of alkyl halides is 3. The SMILES string of the molecule is Cc1cn(-c2ccc3n(c2=O)CCN(CC24C[C@@H]2COc2cc(C(F)(F)F)ccc24)C3=O)cn1. The zero-order valence-corrected chi connectivity index (χ0v) is 18.3. The maximum absolute atomic E-state index is 13.3. The maximum atomic E-state index is 13.3. The minimum atomic E-state index is -4.44. The number of ether oxygens (including phenoxy) is 1. The van der Waals surface area contributed by atoms with Gasteiger partial charge in [-0.2, -0.15) is 13.2 Å². The highest BCUT2D eigenvalue weighted by atomic mass is 19.4. The molecule has 0 bridgehead atoms. The number of amides is 1. The van der Waals surface area contributed by atoms with Gasteiger partial charge in [-0.15, -0.1) is 0 Å². The first-order valence-electron chi connectivity index (χ1n) is 11.1. The van der Waals surface area contributed by atoms with Crippen LogP contribution in [0.1, 0.15) is 33.7 Å². The van der Waals surface area contributed by atoms with Gasteiger partial charge in [0.2, 0.25) is 0 Å². The first-order chi connectivity index (χ1) is 16.2. The first-order valence-corrected chi connectivity index (χ1v) is 11.1. The Morgan fingerprint density at radius 3 is 2.74 bits per heavy atom. The standard InChI is InChI=1S/C24H21F3N4O3/c1-14-10-30(13-28-14)18-4-5-19-21(32)29(6-7-31(19)22(18)33)12-23-9-16(23)11-34-20-8-15(24(25,26)27)2-3-17(20)23/h2-5,8,10,13,16H,6-7,9,11-12H2,1H3/t16-,23?/m1/s1. The number of halogens is 3. The van der Waals surface area contributed by atoms with Crippen molar-refractivity contribution < 1.29 is 22.7 Å². The van der Waals surface area contributed by atoms with Gasteiger partial charge in [-0.05, 0) is 37.6 Å². The third-order valence-corrected chi connectivity index (χ3v) is 7.23. The monoisotopic (exact) mass is 470 g/mol. The van der Waals surface area contributed by atoms with Gasteiger partial charge < -0.3 is 18.8 Å². The van der Waals surface area contributed by atoms with Gasteiger partial charge in [0.05, 0.1) is 24.2 Å². The summed E-state index contributed by atoms with van der Waals surface area (Å²) in [5.74, 6) is 0.141. The number of carbonyl (C=O) groups is 1. The molecular formula is C24H21F3N4O3. The van der Waals surface area contributed by atoms with Crippen molar-refractivity contribution in [2.45, 2.75) is 31.5 Å². The molecule has 1 aliphatic carbocycles. The van der Waals surface area contributed by atoms with E-state index in [0.29, 0.717) is 37.6 Å². The number of hydrogen-bond acceptors (Lipinski definition) is 4. The lowest BCUT2D eigenvalue weighted by molar-refractivity contribution is -0.137. The molecule has 1 amide bonds. The summed E-state index contributed by atoms with van der Waals surface area (Å²) in [5, 5.41) is 0. The van der Waals surface area contributed by atoms with E-state index in [1.54, 1.807) is 34.1 Å². The highest BCUT2D eigenvalue weighted by Gasteiger charge is 2.60. The van der Waals surface area contributed by atoms with E-state index >= 15 is 0 Å². The minimum Gasteiger partial charge on any atom is -0.493 e. The van der Waals surface area contributed by atoms with E-state index in [-0.39, 0.29) is 23.1 Å². The molecule has 2 aliphatic heterocycles. The van der Waals surface area contributed by atoms with Crippen LogP contribution in [0.15, 0.2) is 47.7 Å². The number of aromatic nitrogens is 3. The number of nitrogens with zero attached hydrogens (tertiary/aromatic N) is 4. The van der Waals surface area contributed by atoms with E-state index in [1.807, 2.05) is 6.92 Å². The lowest BCUT2D eigenvalue weighted by Crippen LogP contribution is -2.48. The molecule has 1 saturated carbocycles. The molecule has 4 heterocycles. The minimum absolute atomic E-state index is 0.153. The molecule has 7 nitrogen and oxygen atoms in total. The fourth-order valence-electron chi connectivity index (χ4n) is 5.33. The molecule has 2 atom stereocenters. The fraction of sp³-hybridized carbons (Fsp3) is 0.375. The van der Waals surface area contributed by atoms with Crippen molar-refractivity contribution in [1.82, 2.24) is 19.0 Å². The molecule has 0 saturated heterocycles. The summed E-state index contributed by atoms with van der Waals surface area (Å²) in [6.45, 7) is 3.24. The highest BCUT2D eigenvalue weighted by Crippen LogP contribution is 2.60. The molecule has 3 aromatic rings. The summed E-state index contributed by atoms with van der Waals surface area (Å²) < 4.78 is 48.2. The predicted octanol–water partition coefficient (Wildman–Crippen LogP) is 3.17. The quantitative estimate of drug-likeness (QED) is 0.590. The van der Waals surface area contributed by atoms with Crippen LogP contribution in [0.25, 0.3) is 5.69 Å². The molecule has 6 rings (SSSR count). The van der Waals surface area contributed by atoms with E-state index in [0.717, 1.165) is 29.8 Å². The lowest BCUT2D eigenvalue weighted by Gasteiger charge is -2.35. The van der Waals surface area contributed by atoms with Crippen molar-refractivity contribution >= 4 is 5.91 Å². The number of aryl methyl sites for hydroxylation is 1. The third kappa shape index (κ3) is 3.08. The van der Waals surface area contributed by atoms with Gasteiger partial charge in [0.15, 0.2) is 0 Å². The molecule has 1 unspecified atom stereocenters. The fourth-order valence-corrected chi connectivity index (χ4v) is 5.33. The Hall–Kier alpha value is -3.56. The number of rotatable bonds is 3. The molecule has 0 N–H and O–H groups in total. The van der Waals surface area contributed by atoms with Crippen molar-refractivity contribution in [2.24, 2.45) is 5.92 Å². The second-order valence-corrected chi connectivity index (χ2v) is 9.29. The number of benzene rings is 1. The van der Waals surface area contributed by atoms with Gasteiger partial charge in [-0.3, -0.25) is 9.59 Å². The number of carbonyl (C=O) groups excluding carboxylic acids is 1. The van der Waals surface area contributed by atoms with E-state index in [4.69, 9.17) is 4.74 Å². The van der Waals surface area contributed by atoms with Crippen LogP contribution < -0.4 is 10.3 Å². The number of fused-ring (bicyclic) bond motifs is 4. The smallest absolute Gasteiger partial charge is 0.416 e. The van der Waals surface area contributed by atoms with Crippen LogP contribution in [0.2, 0.25) is 0 Å². The Bertz CT molecular complexity index is 1390. The number of imidazole rings is 1. The molecule has 2 aromatic heterocycles. The van der Waals surface area contributed by atoms with Gasteiger partial charge in [-0.1, -0.05) is 6.07 Å².